The molecule has 0 aliphatic rings. The number of hydrogen-bond acceptors (Lipinski definition) is 1. The summed E-state index contributed by atoms with van der Waals surface area (Å²) < 4.78 is 5.53. The zero-order chi connectivity index (χ0) is 16.1. The van der Waals surface area contributed by atoms with E-state index < -0.39 is 0 Å². The van der Waals surface area contributed by atoms with Gasteiger partial charge in [0.2, 0.25) is 0 Å². The third-order valence-electron chi connectivity index (χ3n) is 4.50. The molecule has 3 rings (SSSR count). The van der Waals surface area contributed by atoms with Gasteiger partial charge in [0.25, 0.3) is 0 Å². The van der Waals surface area contributed by atoms with Crippen LogP contribution in [0.5, 0.6) is 5.75 Å². The largest absolute Gasteiger partial charge is 0.496 e. The second-order valence-electron chi connectivity index (χ2n) is 5.98. The van der Waals surface area contributed by atoms with Crippen molar-refractivity contribution < 1.29 is 4.74 Å². The molecule has 0 N–H and O–H groups in total. The van der Waals surface area contributed by atoms with Gasteiger partial charge in [-0.25, -0.2) is 0 Å². The summed E-state index contributed by atoms with van der Waals surface area (Å²) in [7, 11) is 1.72. The minimum absolute atomic E-state index is 0.114. The van der Waals surface area contributed by atoms with Crippen LogP contribution in [-0.2, 0) is 11.8 Å². The first kappa shape index (κ1) is 15.4. The molecule has 115 valence electrons. The van der Waals surface area contributed by atoms with Crippen molar-refractivity contribution in [1.29, 1.82) is 0 Å². The minimum atomic E-state index is -0.114. The van der Waals surface area contributed by atoms with E-state index in [1.165, 1.54) is 16.7 Å². The maximum Gasteiger partial charge on any atom is 0.122 e. The lowest BCUT2D eigenvalue weighted by atomic mass is 9.72. The quantitative estimate of drug-likeness (QED) is 0.641. The molecule has 1 heteroatoms. The molecular weight excluding hydrogens is 280 g/mol. The van der Waals surface area contributed by atoms with Gasteiger partial charge in [-0.3, -0.25) is 0 Å². The maximum absolute atomic E-state index is 5.53. The topological polar surface area (TPSA) is 9.23 Å². The SMILES string of the molecule is COc1c[c]ccc1CC(C)(c1ccccc1)c1ccccc1. The Morgan fingerprint density at radius 3 is 1.96 bits per heavy atom. The van der Waals surface area contributed by atoms with E-state index in [1.54, 1.807) is 7.11 Å². The second kappa shape index (κ2) is 6.70. The molecule has 1 radical (unpaired) electrons. The van der Waals surface area contributed by atoms with Crippen LogP contribution in [-0.4, -0.2) is 7.11 Å². The van der Waals surface area contributed by atoms with E-state index in [-0.39, 0.29) is 5.41 Å². The molecule has 3 aromatic rings. The van der Waals surface area contributed by atoms with E-state index in [9.17, 15) is 0 Å². The van der Waals surface area contributed by atoms with E-state index in [4.69, 9.17) is 4.74 Å². The predicted molar refractivity (Wildman–Crippen MR) is 94.9 cm³/mol. The Morgan fingerprint density at radius 2 is 1.43 bits per heavy atom. The summed E-state index contributed by atoms with van der Waals surface area (Å²) in [5, 5.41) is 0. The van der Waals surface area contributed by atoms with Gasteiger partial charge in [0.15, 0.2) is 0 Å². The van der Waals surface area contributed by atoms with Crippen LogP contribution >= 0.6 is 0 Å². The van der Waals surface area contributed by atoms with E-state index >= 15 is 0 Å². The molecule has 0 saturated carbocycles. The van der Waals surface area contributed by atoms with Crippen molar-refractivity contribution in [2.75, 3.05) is 7.11 Å². The van der Waals surface area contributed by atoms with Crippen LogP contribution < -0.4 is 4.74 Å². The number of ether oxygens (including phenoxy) is 1. The lowest BCUT2D eigenvalue weighted by Crippen LogP contribution is -2.26. The Bertz CT molecular complexity index is 708. The van der Waals surface area contributed by atoms with Crippen LogP contribution in [0, 0.1) is 6.07 Å². The van der Waals surface area contributed by atoms with Crippen molar-refractivity contribution >= 4 is 0 Å². The Hall–Kier alpha value is -2.54. The van der Waals surface area contributed by atoms with Gasteiger partial charge in [-0.2, -0.15) is 0 Å². The van der Waals surface area contributed by atoms with Crippen LogP contribution in [0.1, 0.15) is 23.6 Å². The lowest BCUT2D eigenvalue weighted by molar-refractivity contribution is 0.404. The first-order chi connectivity index (χ1) is 11.2. The van der Waals surface area contributed by atoms with Gasteiger partial charge in [-0.05, 0) is 35.2 Å². The molecule has 0 amide bonds. The Kier molecular flexibility index (Phi) is 4.47. The summed E-state index contributed by atoms with van der Waals surface area (Å²) in [6, 6.07) is 30.4. The molecule has 0 bridgehead atoms. The summed E-state index contributed by atoms with van der Waals surface area (Å²) in [5.41, 5.74) is 3.69. The van der Waals surface area contributed by atoms with Crippen molar-refractivity contribution in [3.8, 4) is 5.75 Å². The summed E-state index contributed by atoms with van der Waals surface area (Å²) in [6.45, 7) is 2.30. The lowest BCUT2D eigenvalue weighted by Gasteiger charge is -2.32. The summed E-state index contributed by atoms with van der Waals surface area (Å²) in [4.78, 5) is 0. The van der Waals surface area contributed by atoms with Crippen LogP contribution in [0.15, 0.2) is 78.9 Å². The standard InChI is InChI=1S/C22H21O/c1-22(19-12-5-3-6-13-19,20-14-7-4-8-15-20)17-18-11-9-10-16-21(18)23-2/h3-9,11-16H,17H2,1-2H3. The van der Waals surface area contributed by atoms with Gasteiger partial charge in [0.1, 0.15) is 5.75 Å². The van der Waals surface area contributed by atoms with Crippen LogP contribution in [0.25, 0.3) is 0 Å². The van der Waals surface area contributed by atoms with Crippen molar-refractivity contribution in [1.82, 2.24) is 0 Å². The average Bonchev–Trinajstić information content (AvgIpc) is 2.63. The molecule has 0 aliphatic heterocycles. The zero-order valence-corrected chi connectivity index (χ0v) is 13.6. The third-order valence-corrected chi connectivity index (χ3v) is 4.50. The molecule has 0 aromatic heterocycles. The molecule has 0 heterocycles. The highest BCUT2D eigenvalue weighted by molar-refractivity contribution is 5.43. The first-order valence-electron chi connectivity index (χ1n) is 7.88. The maximum atomic E-state index is 5.53. The van der Waals surface area contributed by atoms with Crippen LogP contribution in [0.3, 0.4) is 0 Å². The van der Waals surface area contributed by atoms with Gasteiger partial charge < -0.3 is 4.74 Å². The van der Waals surface area contributed by atoms with Crippen molar-refractivity contribution in [2.24, 2.45) is 0 Å². The highest BCUT2D eigenvalue weighted by Gasteiger charge is 2.30. The fourth-order valence-corrected chi connectivity index (χ4v) is 3.15. The monoisotopic (exact) mass is 301 g/mol. The molecule has 1 nitrogen and oxygen atoms in total. The number of rotatable bonds is 5. The molecule has 0 aliphatic carbocycles. The Balaban J connectivity index is 2.10. The van der Waals surface area contributed by atoms with Crippen LogP contribution in [0.2, 0.25) is 0 Å². The van der Waals surface area contributed by atoms with E-state index in [0.717, 1.165) is 12.2 Å². The van der Waals surface area contributed by atoms with E-state index in [2.05, 4.69) is 79.7 Å². The average molecular weight is 301 g/mol. The fraction of sp³-hybridized carbons (Fsp3) is 0.182. The van der Waals surface area contributed by atoms with Gasteiger partial charge in [0, 0.05) is 5.41 Å². The zero-order valence-electron chi connectivity index (χ0n) is 13.6. The normalized spacial score (nSPS) is 11.2. The highest BCUT2D eigenvalue weighted by atomic mass is 16.5. The van der Waals surface area contributed by atoms with Crippen LogP contribution in [0.4, 0.5) is 0 Å². The summed E-state index contributed by atoms with van der Waals surface area (Å²) in [5.74, 6) is 0.894. The third kappa shape index (κ3) is 3.14. The molecule has 0 saturated heterocycles. The molecule has 23 heavy (non-hydrogen) atoms. The van der Waals surface area contributed by atoms with Crippen molar-refractivity contribution in [3.63, 3.8) is 0 Å². The number of hydrogen-bond donors (Lipinski definition) is 0. The molecule has 0 unspecified atom stereocenters. The molecule has 0 atom stereocenters. The predicted octanol–water partition coefficient (Wildman–Crippen LogP) is 5.04. The minimum Gasteiger partial charge on any atom is -0.496 e. The molecule has 3 aromatic carbocycles. The molecule has 0 fully saturated rings. The van der Waals surface area contributed by atoms with E-state index in [0.29, 0.717) is 0 Å². The Morgan fingerprint density at radius 1 is 0.870 bits per heavy atom. The summed E-state index contributed by atoms with van der Waals surface area (Å²) >= 11 is 0. The number of benzene rings is 3. The molecular formula is C22H21O. The Labute approximate surface area is 138 Å². The second-order valence-corrected chi connectivity index (χ2v) is 5.98. The van der Waals surface area contributed by atoms with E-state index in [1.807, 2.05) is 12.1 Å². The van der Waals surface area contributed by atoms with Gasteiger partial charge >= 0.3 is 0 Å². The van der Waals surface area contributed by atoms with Gasteiger partial charge in [-0.1, -0.05) is 79.7 Å². The smallest absolute Gasteiger partial charge is 0.122 e. The summed E-state index contributed by atoms with van der Waals surface area (Å²) in [6.07, 6.45) is 0.874. The first-order valence-corrected chi connectivity index (χ1v) is 7.88. The van der Waals surface area contributed by atoms with Crippen molar-refractivity contribution in [2.45, 2.75) is 18.8 Å². The molecule has 0 spiro atoms. The highest BCUT2D eigenvalue weighted by Crippen LogP contribution is 2.37. The van der Waals surface area contributed by atoms with Gasteiger partial charge in [-0.15, -0.1) is 0 Å². The fourth-order valence-electron chi connectivity index (χ4n) is 3.15. The number of methoxy groups -OCH3 is 1. The van der Waals surface area contributed by atoms with Gasteiger partial charge in [0.05, 0.1) is 7.11 Å². The van der Waals surface area contributed by atoms with Crippen molar-refractivity contribution in [3.05, 3.63) is 102 Å².